The second kappa shape index (κ2) is 6.73. The average molecular weight is 416 g/mol. The van der Waals surface area contributed by atoms with E-state index in [2.05, 4.69) is 30.6 Å². The molecule has 1 N–H and O–H groups in total. The summed E-state index contributed by atoms with van der Waals surface area (Å²) in [5, 5.41) is 15.8. The molecule has 0 aliphatic carbocycles. The Balaban J connectivity index is 1.40. The van der Waals surface area contributed by atoms with E-state index in [9.17, 15) is 4.39 Å². The van der Waals surface area contributed by atoms with Crippen LogP contribution in [-0.2, 0) is 13.0 Å². The van der Waals surface area contributed by atoms with E-state index in [-0.39, 0.29) is 12.4 Å². The number of benzene rings is 1. The first-order chi connectivity index (χ1) is 15.2. The second-order valence-electron chi connectivity index (χ2n) is 7.36. The predicted octanol–water partition coefficient (Wildman–Crippen LogP) is 2.83. The van der Waals surface area contributed by atoms with Crippen LogP contribution in [0.15, 0.2) is 43.1 Å². The monoisotopic (exact) mass is 416 g/mol. The molecular formula is C21H17FN8O. The Labute approximate surface area is 175 Å². The minimum Gasteiger partial charge on any atom is -0.493 e. The number of rotatable bonds is 4. The minimum absolute atomic E-state index is 0.262. The van der Waals surface area contributed by atoms with Crippen molar-refractivity contribution in [3.05, 3.63) is 65.8 Å². The van der Waals surface area contributed by atoms with Gasteiger partial charge in [0.05, 0.1) is 6.61 Å². The summed E-state index contributed by atoms with van der Waals surface area (Å²) in [6.07, 6.45) is 5.52. The molecule has 4 aromatic heterocycles. The van der Waals surface area contributed by atoms with Gasteiger partial charge in [0.25, 0.3) is 0 Å². The van der Waals surface area contributed by atoms with Crippen molar-refractivity contribution in [2.45, 2.75) is 19.9 Å². The highest BCUT2D eigenvalue weighted by Gasteiger charge is 2.20. The number of halogens is 1. The fraction of sp³-hybridized carbons (Fsp3) is 0.190. The van der Waals surface area contributed by atoms with E-state index in [1.54, 1.807) is 27.5 Å². The van der Waals surface area contributed by atoms with Crippen LogP contribution in [0, 0.1) is 12.7 Å². The van der Waals surface area contributed by atoms with Crippen molar-refractivity contribution < 1.29 is 9.13 Å². The highest BCUT2D eigenvalue weighted by molar-refractivity contribution is 5.85. The highest BCUT2D eigenvalue weighted by atomic mass is 19.1. The number of pyridine rings is 1. The van der Waals surface area contributed by atoms with Gasteiger partial charge in [-0.15, -0.1) is 10.2 Å². The molecule has 10 heteroatoms. The summed E-state index contributed by atoms with van der Waals surface area (Å²) in [5.41, 5.74) is 5.43. The first-order valence-corrected chi connectivity index (χ1v) is 9.86. The molecule has 1 aliphatic rings. The van der Waals surface area contributed by atoms with Crippen molar-refractivity contribution >= 4 is 17.2 Å². The molecule has 0 unspecified atom stereocenters. The summed E-state index contributed by atoms with van der Waals surface area (Å²) >= 11 is 0. The fourth-order valence-electron chi connectivity index (χ4n) is 4.06. The first kappa shape index (κ1) is 17.8. The molecular weight excluding hydrogens is 399 g/mol. The Morgan fingerprint density at radius 3 is 3.00 bits per heavy atom. The molecule has 1 aromatic carbocycles. The molecule has 6 rings (SSSR count). The predicted molar refractivity (Wildman–Crippen MR) is 110 cm³/mol. The van der Waals surface area contributed by atoms with Gasteiger partial charge in [-0.3, -0.25) is 4.40 Å². The van der Waals surface area contributed by atoms with E-state index < -0.39 is 0 Å². The smallest absolute Gasteiger partial charge is 0.210 e. The molecule has 31 heavy (non-hydrogen) atoms. The van der Waals surface area contributed by atoms with Gasteiger partial charge >= 0.3 is 0 Å². The molecule has 154 valence electrons. The molecule has 0 saturated heterocycles. The van der Waals surface area contributed by atoms with Crippen molar-refractivity contribution in [2.75, 3.05) is 11.9 Å². The number of hydrogen-bond acceptors (Lipinski definition) is 7. The maximum Gasteiger partial charge on any atom is 0.210 e. The van der Waals surface area contributed by atoms with Crippen LogP contribution in [0.25, 0.3) is 22.4 Å². The summed E-state index contributed by atoms with van der Waals surface area (Å²) in [6, 6.07) is 7.06. The molecule has 5 heterocycles. The Kier molecular flexibility index (Phi) is 3.85. The summed E-state index contributed by atoms with van der Waals surface area (Å²) in [7, 11) is 0. The van der Waals surface area contributed by atoms with E-state index in [1.165, 1.54) is 12.4 Å². The van der Waals surface area contributed by atoms with E-state index >= 15 is 0 Å². The van der Waals surface area contributed by atoms with Gasteiger partial charge in [-0.1, -0.05) is 0 Å². The Morgan fingerprint density at radius 1 is 1.13 bits per heavy atom. The lowest BCUT2D eigenvalue weighted by atomic mass is 10.0. The molecule has 0 radical (unpaired) electrons. The third-order valence-electron chi connectivity index (χ3n) is 5.60. The molecule has 0 amide bonds. The Morgan fingerprint density at radius 2 is 2.06 bits per heavy atom. The topological polar surface area (TPSA) is 94.5 Å². The van der Waals surface area contributed by atoms with Crippen LogP contribution >= 0.6 is 0 Å². The zero-order valence-electron chi connectivity index (χ0n) is 16.6. The number of anilines is 1. The van der Waals surface area contributed by atoms with Crippen molar-refractivity contribution in [3.8, 4) is 16.9 Å². The number of nitrogens with zero attached hydrogens (tertiary/aromatic N) is 7. The van der Waals surface area contributed by atoms with Gasteiger partial charge in [0.15, 0.2) is 11.3 Å². The van der Waals surface area contributed by atoms with Crippen LogP contribution in [0.3, 0.4) is 0 Å². The van der Waals surface area contributed by atoms with Crippen molar-refractivity contribution in [1.82, 2.24) is 34.2 Å². The lowest BCUT2D eigenvalue weighted by Crippen LogP contribution is -2.10. The number of fused-ring (bicyclic) bond motifs is 3. The van der Waals surface area contributed by atoms with Crippen molar-refractivity contribution in [1.29, 1.82) is 0 Å². The third-order valence-corrected chi connectivity index (χ3v) is 5.60. The number of aryl methyl sites for hydroxylation is 1. The molecule has 0 bridgehead atoms. The zero-order valence-corrected chi connectivity index (χ0v) is 16.6. The molecule has 0 spiro atoms. The number of nitrogens with one attached hydrogen (secondary N) is 1. The zero-order chi connectivity index (χ0) is 20.9. The number of hydrogen-bond donors (Lipinski definition) is 1. The van der Waals surface area contributed by atoms with Crippen LogP contribution in [0.1, 0.15) is 16.8 Å². The summed E-state index contributed by atoms with van der Waals surface area (Å²) in [5.74, 6) is 0.999. The van der Waals surface area contributed by atoms with Crippen LogP contribution in [-0.4, -0.2) is 40.8 Å². The first-order valence-electron chi connectivity index (χ1n) is 9.86. The second-order valence-corrected chi connectivity index (χ2v) is 7.36. The largest absolute Gasteiger partial charge is 0.493 e. The number of aromatic nitrogens is 7. The lowest BCUT2D eigenvalue weighted by Gasteiger charge is -2.13. The average Bonchev–Trinajstić information content (AvgIpc) is 3.53. The fourth-order valence-corrected chi connectivity index (χ4v) is 4.06. The number of ether oxygens (including phenoxy) is 1. The van der Waals surface area contributed by atoms with E-state index in [4.69, 9.17) is 4.74 Å². The van der Waals surface area contributed by atoms with Gasteiger partial charge in [-0.2, -0.15) is 5.10 Å². The van der Waals surface area contributed by atoms with E-state index in [0.717, 1.165) is 28.1 Å². The normalized spacial score (nSPS) is 13.0. The van der Waals surface area contributed by atoms with Gasteiger partial charge in [-0.05, 0) is 31.2 Å². The highest BCUT2D eigenvalue weighted by Crippen LogP contribution is 2.31. The van der Waals surface area contributed by atoms with Gasteiger partial charge in [0.1, 0.15) is 24.2 Å². The van der Waals surface area contributed by atoms with E-state index in [0.29, 0.717) is 35.8 Å². The third kappa shape index (κ3) is 2.71. The maximum atomic E-state index is 14.5. The lowest BCUT2D eigenvalue weighted by molar-refractivity contribution is 0.356. The van der Waals surface area contributed by atoms with Crippen LogP contribution in [0.4, 0.5) is 10.3 Å². The van der Waals surface area contributed by atoms with Crippen molar-refractivity contribution in [3.63, 3.8) is 0 Å². The summed E-state index contributed by atoms with van der Waals surface area (Å²) in [4.78, 5) is 8.95. The quantitative estimate of drug-likeness (QED) is 0.481. The van der Waals surface area contributed by atoms with E-state index in [1.807, 2.05) is 19.1 Å². The standard InChI is InChI=1S/C21H17FN8O/c1-12-2-3-14(19-25-10-27-30(12)19)16-9-24-21(29-11-26-28-20(16)29)23-8-15-13-6-7-31-18(13)5-4-17(15)22/h2-5,9-11H,6-8H2,1H3,(H,23,24). The summed E-state index contributed by atoms with van der Waals surface area (Å²) < 4.78 is 23.6. The molecule has 0 atom stereocenters. The minimum atomic E-state index is -0.262. The SMILES string of the molecule is Cc1ccc(-c2cnc(NCc3c(F)ccc4c3CCO4)n3cnnc23)c2ncnn12. The Hall–Kier alpha value is -4.08. The van der Waals surface area contributed by atoms with Crippen LogP contribution < -0.4 is 10.1 Å². The van der Waals surface area contributed by atoms with Gasteiger partial charge in [0.2, 0.25) is 5.95 Å². The summed E-state index contributed by atoms with van der Waals surface area (Å²) in [6.45, 7) is 2.81. The maximum absolute atomic E-state index is 14.5. The molecule has 1 aliphatic heterocycles. The van der Waals surface area contributed by atoms with Gasteiger partial charge < -0.3 is 10.1 Å². The van der Waals surface area contributed by atoms with Gasteiger partial charge in [0, 0.05) is 47.1 Å². The van der Waals surface area contributed by atoms with Gasteiger partial charge in [-0.25, -0.2) is 18.9 Å². The molecule has 9 nitrogen and oxygen atoms in total. The van der Waals surface area contributed by atoms with Crippen LogP contribution in [0.5, 0.6) is 5.75 Å². The molecule has 0 fully saturated rings. The van der Waals surface area contributed by atoms with Crippen molar-refractivity contribution in [2.24, 2.45) is 0 Å². The molecule has 0 saturated carbocycles. The Bertz CT molecular complexity index is 1460. The molecule has 5 aromatic rings. The van der Waals surface area contributed by atoms with Crippen LogP contribution in [0.2, 0.25) is 0 Å².